The number of hydrogen-bond donors (Lipinski definition) is 1. The molecule has 1 aliphatic heterocycles. The monoisotopic (exact) mass is 266 g/mol. The summed E-state index contributed by atoms with van der Waals surface area (Å²) in [5.74, 6) is 1.28. The number of rotatable bonds is 3. The van der Waals surface area contributed by atoms with Gasteiger partial charge in [0.2, 0.25) is 11.7 Å². The van der Waals surface area contributed by atoms with Gasteiger partial charge in [0.25, 0.3) is 0 Å². The van der Waals surface area contributed by atoms with Crippen molar-refractivity contribution in [2.24, 2.45) is 0 Å². The molecule has 3 heterocycles. The SMILES string of the molecule is CNC1CCOCC1c1nc(-c2cscn2)no1. The zero-order valence-electron chi connectivity index (χ0n) is 10.00. The molecule has 2 unspecified atom stereocenters. The molecule has 18 heavy (non-hydrogen) atoms. The van der Waals surface area contributed by atoms with Crippen LogP contribution in [0.1, 0.15) is 18.2 Å². The molecule has 1 N–H and O–H groups in total. The van der Waals surface area contributed by atoms with Gasteiger partial charge in [-0.05, 0) is 13.5 Å². The summed E-state index contributed by atoms with van der Waals surface area (Å²) in [6.07, 6.45) is 0.954. The fourth-order valence-electron chi connectivity index (χ4n) is 2.14. The minimum absolute atomic E-state index is 0.114. The van der Waals surface area contributed by atoms with E-state index in [1.54, 1.807) is 5.51 Å². The Bertz CT molecular complexity index is 499. The highest BCUT2D eigenvalue weighted by Gasteiger charge is 2.30. The van der Waals surface area contributed by atoms with Gasteiger partial charge in [0.1, 0.15) is 5.69 Å². The lowest BCUT2D eigenvalue weighted by Gasteiger charge is -2.28. The molecule has 2 aromatic rings. The molecule has 7 heteroatoms. The maximum Gasteiger partial charge on any atom is 0.234 e. The largest absolute Gasteiger partial charge is 0.381 e. The highest BCUT2D eigenvalue weighted by molar-refractivity contribution is 7.07. The fraction of sp³-hybridized carbons (Fsp3) is 0.545. The number of ether oxygens (including phenoxy) is 1. The van der Waals surface area contributed by atoms with E-state index in [1.807, 2.05) is 12.4 Å². The molecule has 0 spiro atoms. The number of nitrogens with zero attached hydrogens (tertiary/aromatic N) is 3. The van der Waals surface area contributed by atoms with Crippen LogP contribution in [0.25, 0.3) is 11.5 Å². The Morgan fingerprint density at radius 1 is 1.50 bits per heavy atom. The van der Waals surface area contributed by atoms with Crippen LogP contribution in [0.4, 0.5) is 0 Å². The van der Waals surface area contributed by atoms with E-state index in [1.165, 1.54) is 11.3 Å². The van der Waals surface area contributed by atoms with Gasteiger partial charge in [0, 0.05) is 18.0 Å². The Kier molecular flexibility index (Phi) is 3.35. The molecule has 1 fully saturated rings. The number of aromatic nitrogens is 3. The molecule has 0 aliphatic carbocycles. The standard InChI is InChI=1S/C11H14N4O2S/c1-12-8-2-3-16-4-7(8)11-14-10(15-17-11)9-5-18-6-13-9/h5-8,12H,2-4H2,1H3. The molecule has 0 radical (unpaired) electrons. The van der Waals surface area contributed by atoms with E-state index < -0.39 is 0 Å². The van der Waals surface area contributed by atoms with E-state index in [2.05, 4.69) is 20.4 Å². The van der Waals surface area contributed by atoms with Crippen LogP contribution < -0.4 is 5.32 Å². The predicted octanol–water partition coefficient (Wildman–Crippen LogP) is 1.28. The molecule has 0 aromatic carbocycles. The Morgan fingerprint density at radius 3 is 3.22 bits per heavy atom. The molecule has 2 atom stereocenters. The van der Waals surface area contributed by atoms with Gasteiger partial charge in [-0.2, -0.15) is 4.98 Å². The summed E-state index contributed by atoms with van der Waals surface area (Å²) in [6.45, 7) is 1.39. The van der Waals surface area contributed by atoms with E-state index in [4.69, 9.17) is 9.26 Å². The molecular weight excluding hydrogens is 252 g/mol. The van der Waals surface area contributed by atoms with E-state index in [-0.39, 0.29) is 5.92 Å². The maximum absolute atomic E-state index is 5.49. The van der Waals surface area contributed by atoms with Gasteiger partial charge in [-0.1, -0.05) is 5.16 Å². The smallest absolute Gasteiger partial charge is 0.234 e. The first-order valence-electron chi connectivity index (χ1n) is 5.85. The van der Waals surface area contributed by atoms with E-state index in [9.17, 15) is 0 Å². The van der Waals surface area contributed by atoms with Crippen LogP contribution in [0.2, 0.25) is 0 Å². The summed E-state index contributed by atoms with van der Waals surface area (Å²) >= 11 is 1.51. The third kappa shape index (κ3) is 2.16. The molecule has 1 aliphatic rings. The molecule has 1 saturated heterocycles. The van der Waals surface area contributed by atoms with Crippen molar-refractivity contribution in [1.29, 1.82) is 0 Å². The average molecular weight is 266 g/mol. The van der Waals surface area contributed by atoms with Crippen molar-refractivity contribution < 1.29 is 9.26 Å². The first-order valence-corrected chi connectivity index (χ1v) is 6.80. The van der Waals surface area contributed by atoms with E-state index in [0.29, 0.717) is 24.4 Å². The summed E-state index contributed by atoms with van der Waals surface area (Å²) in [6, 6.07) is 0.322. The quantitative estimate of drug-likeness (QED) is 0.902. The highest BCUT2D eigenvalue weighted by atomic mass is 32.1. The number of thiazole rings is 1. The zero-order chi connectivity index (χ0) is 12.4. The zero-order valence-corrected chi connectivity index (χ0v) is 10.8. The van der Waals surface area contributed by atoms with Crippen molar-refractivity contribution in [2.45, 2.75) is 18.4 Å². The molecular formula is C11H14N4O2S. The van der Waals surface area contributed by atoms with Crippen molar-refractivity contribution in [3.8, 4) is 11.5 Å². The molecule has 3 rings (SSSR count). The molecule has 0 amide bonds. The topological polar surface area (TPSA) is 73.1 Å². The summed E-state index contributed by atoms with van der Waals surface area (Å²) in [5, 5.41) is 9.16. The summed E-state index contributed by atoms with van der Waals surface area (Å²) in [7, 11) is 1.95. The Morgan fingerprint density at radius 2 is 2.44 bits per heavy atom. The first-order chi connectivity index (χ1) is 8.88. The van der Waals surface area contributed by atoms with Crippen molar-refractivity contribution in [3.05, 3.63) is 16.8 Å². The third-order valence-corrected chi connectivity index (χ3v) is 3.73. The summed E-state index contributed by atoms with van der Waals surface area (Å²) in [4.78, 5) is 8.59. The second-order valence-corrected chi connectivity index (χ2v) is 4.91. The van der Waals surface area contributed by atoms with Crippen LogP contribution in [-0.2, 0) is 4.74 Å². The van der Waals surface area contributed by atoms with E-state index >= 15 is 0 Å². The molecule has 0 bridgehead atoms. The van der Waals surface area contributed by atoms with Gasteiger partial charge < -0.3 is 14.6 Å². The van der Waals surface area contributed by atoms with Crippen LogP contribution in [0.15, 0.2) is 15.4 Å². The summed E-state index contributed by atoms with van der Waals surface area (Å²) < 4.78 is 10.8. The van der Waals surface area contributed by atoms with Crippen molar-refractivity contribution in [1.82, 2.24) is 20.4 Å². The normalized spacial score (nSPS) is 24.3. The third-order valence-electron chi connectivity index (χ3n) is 3.15. The predicted molar refractivity (Wildman–Crippen MR) is 66.4 cm³/mol. The molecule has 6 nitrogen and oxygen atoms in total. The Balaban J connectivity index is 1.84. The molecule has 0 saturated carbocycles. The van der Waals surface area contributed by atoms with Gasteiger partial charge in [-0.3, -0.25) is 0 Å². The minimum Gasteiger partial charge on any atom is -0.381 e. The molecule has 96 valence electrons. The highest BCUT2D eigenvalue weighted by Crippen LogP contribution is 2.26. The van der Waals surface area contributed by atoms with Gasteiger partial charge in [0.05, 0.1) is 18.0 Å². The average Bonchev–Trinajstić information content (AvgIpc) is 3.09. The van der Waals surface area contributed by atoms with Crippen LogP contribution in [0, 0.1) is 0 Å². The van der Waals surface area contributed by atoms with Crippen LogP contribution in [0.3, 0.4) is 0 Å². The fourth-order valence-corrected chi connectivity index (χ4v) is 2.67. The van der Waals surface area contributed by atoms with Crippen LogP contribution >= 0.6 is 11.3 Å². The number of nitrogens with one attached hydrogen (secondary N) is 1. The number of hydrogen-bond acceptors (Lipinski definition) is 7. The van der Waals surface area contributed by atoms with Crippen molar-refractivity contribution in [2.75, 3.05) is 20.3 Å². The molecule has 2 aromatic heterocycles. The van der Waals surface area contributed by atoms with Gasteiger partial charge in [-0.15, -0.1) is 11.3 Å². The summed E-state index contributed by atoms with van der Waals surface area (Å²) in [5.41, 5.74) is 2.51. The van der Waals surface area contributed by atoms with Crippen LogP contribution in [-0.4, -0.2) is 41.4 Å². The first kappa shape index (κ1) is 11.8. The second kappa shape index (κ2) is 5.13. The lowest BCUT2D eigenvalue weighted by molar-refractivity contribution is 0.0516. The number of likely N-dealkylation sites (N-methyl/N-ethyl adjacent to an activating group) is 1. The van der Waals surface area contributed by atoms with Gasteiger partial charge in [0.15, 0.2) is 0 Å². The Hall–Kier alpha value is -1.31. The lowest BCUT2D eigenvalue weighted by atomic mass is 9.96. The van der Waals surface area contributed by atoms with Gasteiger partial charge in [-0.25, -0.2) is 4.98 Å². The second-order valence-electron chi connectivity index (χ2n) is 4.20. The minimum atomic E-state index is 0.114. The maximum atomic E-state index is 5.49. The van der Waals surface area contributed by atoms with Crippen molar-refractivity contribution >= 4 is 11.3 Å². The van der Waals surface area contributed by atoms with Gasteiger partial charge >= 0.3 is 0 Å². The van der Waals surface area contributed by atoms with E-state index in [0.717, 1.165) is 18.7 Å². The Labute approximate surface area is 108 Å². The van der Waals surface area contributed by atoms with Crippen LogP contribution in [0.5, 0.6) is 0 Å². The van der Waals surface area contributed by atoms with Crippen molar-refractivity contribution in [3.63, 3.8) is 0 Å². The lowest BCUT2D eigenvalue weighted by Crippen LogP contribution is -2.39.